The second-order valence-corrected chi connectivity index (χ2v) is 8.36. The molecule has 0 radical (unpaired) electrons. The zero-order valence-electron chi connectivity index (χ0n) is 17.9. The Bertz CT molecular complexity index is 859. The number of carboxylic acid groups (broad SMARTS) is 1. The first-order chi connectivity index (χ1) is 15.0. The molecule has 2 aromatic rings. The normalized spacial score (nSPS) is 20.8. The summed E-state index contributed by atoms with van der Waals surface area (Å²) in [5.74, 6) is -0.833. The number of aliphatic carboxylic acids is 1. The summed E-state index contributed by atoms with van der Waals surface area (Å²) in [4.78, 5) is 27.3. The molecule has 2 aliphatic heterocycles. The van der Waals surface area contributed by atoms with Crippen LogP contribution in [-0.2, 0) is 9.53 Å². The van der Waals surface area contributed by atoms with Crippen LogP contribution in [0.1, 0.15) is 18.5 Å². The number of carboxylic acids is 1. The van der Waals surface area contributed by atoms with Crippen molar-refractivity contribution in [3.05, 3.63) is 60.2 Å². The van der Waals surface area contributed by atoms with E-state index in [1.165, 1.54) is 10.5 Å². The second-order valence-electron chi connectivity index (χ2n) is 7.48. The summed E-state index contributed by atoms with van der Waals surface area (Å²) < 4.78 is 5.88. The Labute approximate surface area is 187 Å². The molecule has 0 saturated carbocycles. The summed E-state index contributed by atoms with van der Waals surface area (Å²) in [6.07, 6.45) is 2.04. The van der Waals surface area contributed by atoms with E-state index in [2.05, 4.69) is 34.5 Å². The molecule has 7 nitrogen and oxygen atoms in total. The van der Waals surface area contributed by atoms with Crippen LogP contribution in [0.5, 0.6) is 0 Å². The van der Waals surface area contributed by atoms with Crippen molar-refractivity contribution >= 4 is 29.4 Å². The number of nitrogens with one attached hydrogen (secondary N) is 1. The Kier molecular flexibility index (Phi) is 8.34. The van der Waals surface area contributed by atoms with Gasteiger partial charge in [-0.15, -0.1) is 11.8 Å². The van der Waals surface area contributed by atoms with Gasteiger partial charge in [0.1, 0.15) is 0 Å². The van der Waals surface area contributed by atoms with Crippen molar-refractivity contribution < 1.29 is 19.4 Å². The number of carbonyl (C=O) groups excluding carboxylic acids is 1. The number of piperazine rings is 1. The Hall–Kier alpha value is -2.55. The number of hydrogen-bond acceptors (Lipinski definition) is 5. The monoisotopic (exact) mass is 443 g/mol. The third-order valence-corrected chi connectivity index (χ3v) is 6.07. The van der Waals surface area contributed by atoms with Crippen LogP contribution < -0.4 is 5.32 Å². The molecule has 0 spiro atoms. The number of nitrogens with zero attached hydrogens (tertiary/aromatic N) is 2. The number of benzene rings is 2. The molecule has 2 amide bonds. The zero-order valence-corrected chi connectivity index (χ0v) is 18.7. The van der Waals surface area contributed by atoms with Crippen molar-refractivity contribution in [2.45, 2.75) is 23.9 Å². The van der Waals surface area contributed by atoms with Gasteiger partial charge in [-0.1, -0.05) is 30.3 Å². The van der Waals surface area contributed by atoms with Crippen LogP contribution in [0.25, 0.3) is 0 Å². The first kappa shape index (κ1) is 23.1. The number of carbonyl (C=O) groups is 2. The number of hydrogen-bond donors (Lipinski definition) is 2. The average molecular weight is 444 g/mol. The maximum absolute atomic E-state index is 12.7. The summed E-state index contributed by atoms with van der Waals surface area (Å²) >= 11 is 1.69. The van der Waals surface area contributed by atoms with Crippen molar-refractivity contribution in [2.24, 2.45) is 0 Å². The van der Waals surface area contributed by atoms with E-state index >= 15 is 0 Å². The van der Waals surface area contributed by atoms with Crippen LogP contribution in [0, 0.1) is 0 Å². The number of urea groups is 1. The minimum absolute atomic E-state index is 0.0339. The van der Waals surface area contributed by atoms with Crippen LogP contribution in [0.2, 0.25) is 0 Å². The molecular weight excluding hydrogens is 414 g/mol. The maximum atomic E-state index is 12.7. The van der Waals surface area contributed by atoms with Crippen LogP contribution >= 0.6 is 11.8 Å². The summed E-state index contributed by atoms with van der Waals surface area (Å²) in [6, 6.07) is 18.9. The van der Waals surface area contributed by atoms with Crippen molar-refractivity contribution in [1.29, 1.82) is 0 Å². The third-order valence-electron chi connectivity index (χ3n) is 5.33. The first-order valence-electron chi connectivity index (χ1n) is 10.3. The van der Waals surface area contributed by atoms with Crippen LogP contribution in [0.3, 0.4) is 0 Å². The molecule has 2 fully saturated rings. The lowest BCUT2D eigenvalue weighted by atomic mass is 10.0. The molecule has 2 aromatic carbocycles. The zero-order chi connectivity index (χ0) is 22.2. The highest BCUT2D eigenvalue weighted by Crippen LogP contribution is 2.29. The Morgan fingerprint density at radius 1 is 1.06 bits per heavy atom. The van der Waals surface area contributed by atoms with Gasteiger partial charge < -0.3 is 20.1 Å². The van der Waals surface area contributed by atoms with Crippen molar-refractivity contribution in [2.75, 3.05) is 44.4 Å². The van der Waals surface area contributed by atoms with E-state index in [0.717, 1.165) is 25.7 Å². The third kappa shape index (κ3) is 6.46. The predicted octanol–water partition coefficient (Wildman–Crippen LogP) is 3.79. The van der Waals surface area contributed by atoms with Crippen LogP contribution in [0.15, 0.2) is 59.5 Å². The molecule has 0 bridgehead atoms. The number of ether oxygens (including phenoxy) is 1. The highest BCUT2D eigenvalue weighted by molar-refractivity contribution is 7.98. The molecule has 0 unspecified atom stereocenters. The molecule has 0 aromatic heterocycles. The van der Waals surface area contributed by atoms with Gasteiger partial charge in [0.25, 0.3) is 5.97 Å². The lowest BCUT2D eigenvalue weighted by Gasteiger charge is -2.48. The number of amides is 2. The number of rotatable bonds is 3. The van der Waals surface area contributed by atoms with E-state index in [1.54, 1.807) is 11.8 Å². The Balaban J connectivity index is 0.000000628. The number of thioether (sulfide) groups is 1. The van der Waals surface area contributed by atoms with E-state index in [9.17, 15) is 4.79 Å². The number of fused-ring (bicyclic) bond motifs is 1. The molecule has 166 valence electrons. The predicted molar refractivity (Wildman–Crippen MR) is 123 cm³/mol. The molecule has 2 atom stereocenters. The first-order valence-corrected chi connectivity index (χ1v) is 11.5. The van der Waals surface area contributed by atoms with E-state index in [0.29, 0.717) is 19.8 Å². The van der Waals surface area contributed by atoms with Gasteiger partial charge in [-0.3, -0.25) is 9.69 Å². The maximum Gasteiger partial charge on any atom is 0.321 e. The van der Waals surface area contributed by atoms with E-state index < -0.39 is 5.97 Å². The molecule has 4 rings (SSSR count). The molecule has 2 aliphatic rings. The highest BCUT2D eigenvalue weighted by Gasteiger charge is 2.37. The molecule has 2 N–H and O–H groups in total. The lowest BCUT2D eigenvalue weighted by Crippen LogP contribution is -2.60. The van der Waals surface area contributed by atoms with Gasteiger partial charge in [0, 0.05) is 37.1 Å². The van der Waals surface area contributed by atoms with Crippen molar-refractivity contribution in [3.63, 3.8) is 0 Å². The highest BCUT2D eigenvalue weighted by atomic mass is 32.2. The van der Waals surface area contributed by atoms with Gasteiger partial charge in [-0.2, -0.15) is 0 Å². The average Bonchev–Trinajstić information content (AvgIpc) is 2.79. The minimum Gasteiger partial charge on any atom is -0.481 e. The largest absolute Gasteiger partial charge is 0.481 e. The Morgan fingerprint density at radius 2 is 1.74 bits per heavy atom. The lowest BCUT2D eigenvalue weighted by molar-refractivity contribution is -0.134. The van der Waals surface area contributed by atoms with E-state index in [1.807, 2.05) is 41.5 Å². The fourth-order valence-electron chi connectivity index (χ4n) is 3.86. The molecule has 2 saturated heterocycles. The standard InChI is InChI=1S/C21H25N3O2S.C2H4O2/c1-27-19-9-7-17(8-10-19)22-21(25)23-11-12-24-18(13-23)14-26-15-20(24)16-5-3-2-4-6-16;1-2(3)4/h2-10,18,20H,11-15H2,1H3,(H,22,25);1H3,(H,3,4)/t18-,20-;/m1./s1. The molecule has 8 heteroatoms. The fraction of sp³-hybridized carbons (Fsp3) is 0.391. The SMILES string of the molecule is CC(=O)O.CSc1ccc(NC(=O)N2CCN3[C@@H](COC[C@@H]3c3ccccc3)C2)cc1. The second kappa shape index (κ2) is 11.2. The van der Waals surface area contributed by atoms with Gasteiger partial charge in [-0.05, 0) is 36.1 Å². The Morgan fingerprint density at radius 3 is 2.39 bits per heavy atom. The number of morpholine rings is 1. The number of anilines is 1. The molecular formula is C23H29N3O4S. The molecule has 0 aliphatic carbocycles. The van der Waals surface area contributed by atoms with Gasteiger partial charge >= 0.3 is 6.03 Å². The topological polar surface area (TPSA) is 82.1 Å². The van der Waals surface area contributed by atoms with Crippen LogP contribution in [-0.4, -0.2) is 72.1 Å². The minimum atomic E-state index is -0.833. The summed E-state index contributed by atoms with van der Waals surface area (Å²) in [7, 11) is 0. The van der Waals surface area contributed by atoms with Gasteiger partial charge in [0.2, 0.25) is 0 Å². The van der Waals surface area contributed by atoms with Crippen LogP contribution in [0.4, 0.5) is 10.5 Å². The van der Waals surface area contributed by atoms with E-state index in [-0.39, 0.29) is 18.1 Å². The van der Waals surface area contributed by atoms with Crippen molar-refractivity contribution in [3.8, 4) is 0 Å². The van der Waals surface area contributed by atoms with Gasteiger partial charge in [-0.25, -0.2) is 4.79 Å². The van der Waals surface area contributed by atoms with Crippen molar-refractivity contribution in [1.82, 2.24) is 9.80 Å². The summed E-state index contributed by atoms with van der Waals surface area (Å²) in [5.41, 5.74) is 2.12. The summed E-state index contributed by atoms with van der Waals surface area (Å²) in [5, 5.41) is 10.4. The quantitative estimate of drug-likeness (QED) is 0.703. The van der Waals surface area contributed by atoms with E-state index in [4.69, 9.17) is 14.6 Å². The summed E-state index contributed by atoms with van der Waals surface area (Å²) in [6.45, 7) is 4.77. The van der Waals surface area contributed by atoms with Gasteiger partial charge in [0.05, 0.1) is 25.3 Å². The smallest absolute Gasteiger partial charge is 0.321 e. The van der Waals surface area contributed by atoms with Gasteiger partial charge in [0.15, 0.2) is 0 Å². The molecule has 2 heterocycles. The molecule has 31 heavy (non-hydrogen) atoms. The fourth-order valence-corrected chi connectivity index (χ4v) is 4.27.